The van der Waals surface area contributed by atoms with Crippen molar-refractivity contribution in [3.8, 4) is 0 Å². The number of halogens is 9. The molecule has 0 saturated heterocycles. The minimum Gasteiger partial charge on any atom is -0.202 e. The zero-order valence-electron chi connectivity index (χ0n) is 14.1. The summed E-state index contributed by atoms with van der Waals surface area (Å²) in [6.07, 6.45) is 0. The van der Waals surface area contributed by atoms with Crippen LogP contribution in [0.25, 0.3) is 0 Å². The molecule has 3 rings (SSSR count). The normalized spacial score (nSPS) is 11.5. The Hall–Kier alpha value is -3.02. The molecule has 0 aliphatic rings. The molecular formula is C18H5F9N2S. The van der Waals surface area contributed by atoms with Gasteiger partial charge < -0.3 is 0 Å². The highest BCUT2D eigenvalue weighted by molar-refractivity contribution is 7.99. The number of benzene rings is 3. The largest absolute Gasteiger partial charge is 0.202 e. The number of nitrogens with zero attached hydrogens (tertiary/aromatic N) is 2. The van der Waals surface area contributed by atoms with Gasteiger partial charge in [-0.3, -0.25) is 0 Å². The Bertz CT molecular complexity index is 1110. The van der Waals surface area contributed by atoms with E-state index in [-0.39, 0.29) is 4.90 Å². The number of hydrogen-bond acceptors (Lipinski definition) is 3. The lowest BCUT2D eigenvalue weighted by Gasteiger charge is -2.09. The fraction of sp³-hybridized carbons (Fsp3) is 0. The first-order valence-corrected chi connectivity index (χ1v) is 8.48. The fourth-order valence-corrected chi connectivity index (χ4v) is 3.05. The summed E-state index contributed by atoms with van der Waals surface area (Å²) in [5.74, 6) is -20.1. The first kappa shape index (κ1) is 21.7. The summed E-state index contributed by atoms with van der Waals surface area (Å²) in [5.41, 5.74) is -3.65. The Morgan fingerprint density at radius 3 is 1.27 bits per heavy atom. The maximum atomic E-state index is 14.2. The van der Waals surface area contributed by atoms with Crippen molar-refractivity contribution >= 4 is 23.1 Å². The zero-order chi connectivity index (χ0) is 22.2. The van der Waals surface area contributed by atoms with Gasteiger partial charge in [-0.15, -0.1) is 10.2 Å². The highest BCUT2D eigenvalue weighted by atomic mass is 32.2. The van der Waals surface area contributed by atoms with Gasteiger partial charge in [0.05, 0.1) is 4.90 Å². The van der Waals surface area contributed by atoms with Crippen LogP contribution >= 0.6 is 11.8 Å². The lowest BCUT2D eigenvalue weighted by Crippen LogP contribution is -2.01. The summed E-state index contributed by atoms with van der Waals surface area (Å²) in [4.78, 5) is -0.851. The predicted octanol–water partition coefficient (Wildman–Crippen LogP) is 7.51. The minimum atomic E-state index is -2.50. The van der Waals surface area contributed by atoms with Crippen molar-refractivity contribution in [1.82, 2.24) is 0 Å². The molecule has 0 amide bonds. The average Bonchev–Trinajstić information content (AvgIpc) is 2.75. The van der Waals surface area contributed by atoms with E-state index in [9.17, 15) is 39.5 Å². The average molecular weight is 452 g/mol. The van der Waals surface area contributed by atoms with E-state index in [1.54, 1.807) is 6.07 Å². The van der Waals surface area contributed by atoms with Gasteiger partial charge in [0.25, 0.3) is 0 Å². The van der Waals surface area contributed by atoms with Gasteiger partial charge in [0.15, 0.2) is 57.9 Å². The quantitative estimate of drug-likeness (QED) is 0.174. The van der Waals surface area contributed by atoms with Gasteiger partial charge in [-0.2, -0.15) is 0 Å². The molecule has 0 heterocycles. The van der Waals surface area contributed by atoms with Gasteiger partial charge in [-0.25, -0.2) is 39.5 Å². The molecule has 0 radical (unpaired) electrons. The first-order chi connectivity index (χ1) is 14.1. The Labute approximate surface area is 166 Å². The maximum Gasteiger partial charge on any atom is 0.200 e. The molecule has 3 aromatic carbocycles. The molecule has 0 fully saturated rings. The molecule has 30 heavy (non-hydrogen) atoms. The van der Waals surface area contributed by atoms with Crippen LogP contribution < -0.4 is 0 Å². The van der Waals surface area contributed by atoms with Gasteiger partial charge in [0.1, 0.15) is 0 Å². The summed E-state index contributed by atoms with van der Waals surface area (Å²) in [7, 11) is 0. The first-order valence-electron chi connectivity index (χ1n) is 7.67. The second-order valence-electron chi connectivity index (χ2n) is 5.47. The van der Waals surface area contributed by atoms with Crippen LogP contribution in [0.2, 0.25) is 0 Å². The van der Waals surface area contributed by atoms with Crippen LogP contribution in [0.5, 0.6) is 0 Å². The third kappa shape index (κ3) is 3.74. The molecule has 2 nitrogen and oxygen atoms in total. The second kappa shape index (κ2) is 8.38. The molecular weight excluding hydrogens is 447 g/mol. The van der Waals surface area contributed by atoms with E-state index in [0.717, 1.165) is 0 Å². The summed E-state index contributed by atoms with van der Waals surface area (Å²) in [5, 5.41) is 5.19. The van der Waals surface area contributed by atoms with E-state index in [1.807, 2.05) is 0 Å². The van der Waals surface area contributed by atoms with Crippen molar-refractivity contribution in [1.29, 1.82) is 0 Å². The second-order valence-corrected chi connectivity index (χ2v) is 6.55. The van der Waals surface area contributed by atoms with Crippen LogP contribution in [0, 0.1) is 52.4 Å². The molecule has 156 valence electrons. The van der Waals surface area contributed by atoms with Gasteiger partial charge >= 0.3 is 0 Å². The van der Waals surface area contributed by atoms with Crippen molar-refractivity contribution in [2.24, 2.45) is 10.2 Å². The molecule has 0 aromatic heterocycles. The standard InChI is InChI=1S/C18H5F9N2S/c19-7-8(20)10(22)16(11(23)9(7)21)28-29-17-12(24)14(26)18(15(27)13(17)25)30-6-4-2-1-3-5-6/h1-5H. The van der Waals surface area contributed by atoms with Crippen molar-refractivity contribution < 1.29 is 39.5 Å². The molecule has 3 aromatic rings. The Morgan fingerprint density at radius 2 is 0.833 bits per heavy atom. The van der Waals surface area contributed by atoms with Gasteiger partial charge in [0, 0.05) is 4.90 Å². The molecule has 0 N–H and O–H groups in total. The fourth-order valence-electron chi connectivity index (χ4n) is 2.16. The molecule has 0 unspecified atom stereocenters. The van der Waals surface area contributed by atoms with Crippen LogP contribution in [0.3, 0.4) is 0 Å². The molecule has 0 atom stereocenters. The molecule has 0 aliphatic carbocycles. The Morgan fingerprint density at radius 1 is 0.467 bits per heavy atom. The van der Waals surface area contributed by atoms with Gasteiger partial charge in [0.2, 0.25) is 5.82 Å². The number of rotatable bonds is 4. The van der Waals surface area contributed by atoms with E-state index in [1.165, 1.54) is 24.3 Å². The van der Waals surface area contributed by atoms with Crippen molar-refractivity contribution in [3.05, 3.63) is 82.7 Å². The molecule has 0 saturated carbocycles. The van der Waals surface area contributed by atoms with Crippen molar-refractivity contribution in [2.45, 2.75) is 9.79 Å². The minimum absolute atomic E-state index is 0.227. The highest BCUT2D eigenvalue weighted by Crippen LogP contribution is 2.39. The van der Waals surface area contributed by atoms with Crippen LogP contribution in [0.4, 0.5) is 50.9 Å². The predicted molar refractivity (Wildman–Crippen MR) is 87.2 cm³/mol. The third-order valence-electron chi connectivity index (χ3n) is 3.60. The highest BCUT2D eigenvalue weighted by Gasteiger charge is 2.28. The number of hydrogen-bond donors (Lipinski definition) is 0. The van der Waals surface area contributed by atoms with Crippen LogP contribution in [-0.4, -0.2) is 0 Å². The number of azo groups is 1. The van der Waals surface area contributed by atoms with E-state index in [0.29, 0.717) is 11.8 Å². The monoisotopic (exact) mass is 452 g/mol. The smallest absolute Gasteiger partial charge is 0.200 e. The molecule has 12 heteroatoms. The third-order valence-corrected chi connectivity index (χ3v) is 4.67. The SMILES string of the molecule is Fc1c(F)c(F)c(N=Nc2c(F)c(F)c(Sc3ccccc3)c(F)c2F)c(F)c1F. The van der Waals surface area contributed by atoms with Crippen LogP contribution in [0.1, 0.15) is 0 Å². The summed E-state index contributed by atoms with van der Waals surface area (Å²) in [6, 6.07) is 7.38. The van der Waals surface area contributed by atoms with E-state index >= 15 is 0 Å². The summed E-state index contributed by atoms with van der Waals surface area (Å²) in [6.45, 7) is 0. The van der Waals surface area contributed by atoms with E-state index < -0.39 is 68.6 Å². The van der Waals surface area contributed by atoms with Gasteiger partial charge in [-0.05, 0) is 12.1 Å². The van der Waals surface area contributed by atoms with E-state index in [4.69, 9.17) is 0 Å². The Kier molecular flexibility index (Phi) is 6.06. The molecule has 0 spiro atoms. The van der Waals surface area contributed by atoms with Crippen molar-refractivity contribution in [2.75, 3.05) is 0 Å². The maximum absolute atomic E-state index is 14.2. The van der Waals surface area contributed by atoms with Crippen LogP contribution in [-0.2, 0) is 0 Å². The molecule has 0 bridgehead atoms. The lowest BCUT2D eigenvalue weighted by molar-refractivity contribution is 0.380. The van der Waals surface area contributed by atoms with Gasteiger partial charge in [-0.1, -0.05) is 30.0 Å². The van der Waals surface area contributed by atoms with Crippen molar-refractivity contribution in [3.63, 3.8) is 0 Å². The Balaban J connectivity index is 2.09. The summed E-state index contributed by atoms with van der Waals surface area (Å²) >= 11 is 0.340. The van der Waals surface area contributed by atoms with Crippen LogP contribution in [0.15, 0.2) is 50.4 Å². The van der Waals surface area contributed by atoms with E-state index in [2.05, 4.69) is 10.2 Å². The molecule has 0 aliphatic heterocycles. The zero-order valence-corrected chi connectivity index (χ0v) is 14.9. The topological polar surface area (TPSA) is 24.7 Å². The lowest BCUT2D eigenvalue weighted by atomic mass is 10.2. The summed E-state index contributed by atoms with van der Waals surface area (Å²) < 4.78 is 123.